The lowest BCUT2D eigenvalue weighted by molar-refractivity contribution is 0.629. The molecule has 3 aromatic rings. The molecule has 2 aromatic heterocycles. The molecule has 0 atom stereocenters. The van der Waals surface area contributed by atoms with Crippen LogP contribution in [0.15, 0.2) is 64.3 Å². The number of hydrogen-bond donors (Lipinski definition) is 0. The van der Waals surface area contributed by atoms with Crippen LogP contribution in [-0.2, 0) is 0 Å². The van der Waals surface area contributed by atoms with Crippen molar-refractivity contribution in [2.75, 3.05) is 6.54 Å². The Hall–Kier alpha value is -2.60. The van der Waals surface area contributed by atoms with Gasteiger partial charge < -0.3 is 0 Å². The molecule has 116 valence electrons. The third-order valence-corrected chi connectivity index (χ3v) is 3.99. The smallest absolute Gasteiger partial charge is 0.206 e. The second-order valence-corrected chi connectivity index (χ2v) is 5.54. The molecule has 0 aliphatic rings. The van der Waals surface area contributed by atoms with Crippen molar-refractivity contribution in [3.8, 4) is 11.3 Å². The Kier molecular flexibility index (Phi) is 4.73. The van der Waals surface area contributed by atoms with Gasteiger partial charge in [-0.15, -0.1) is 11.3 Å². The number of nitrogens with zero attached hydrogens (tertiary/aromatic N) is 4. The Balaban J connectivity index is 2.11. The largest absolute Gasteiger partial charge is 0.264 e. The summed E-state index contributed by atoms with van der Waals surface area (Å²) in [4.78, 5) is 9.21. The minimum absolute atomic E-state index is 0.279. The lowest BCUT2D eigenvalue weighted by Gasteiger charge is -2.04. The van der Waals surface area contributed by atoms with Crippen molar-refractivity contribution in [2.45, 2.75) is 6.92 Å². The number of benzene rings is 1. The average Bonchev–Trinajstić information content (AvgIpc) is 2.97. The van der Waals surface area contributed by atoms with Gasteiger partial charge in [0.15, 0.2) is 0 Å². The fourth-order valence-corrected chi connectivity index (χ4v) is 2.98. The Morgan fingerprint density at radius 3 is 2.87 bits per heavy atom. The Morgan fingerprint density at radius 2 is 2.13 bits per heavy atom. The maximum Gasteiger partial charge on any atom is 0.206 e. The quantitative estimate of drug-likeness (QED) is 0.676. The summed E-state index contributed by atoms with van der Waals surface area (Å²) in [5.41, 5.74) is 2.05. The monoisotopic (exact) mass is 326 g/mol. The molecule has 1 aromatic carbocycles. The van der Waals surface area contributed by atoms with Gasteiger partial charge in [0.1, 0.15) is 5.82 Å². The summed E-state index contributed by atoms with van der Waals surface area (Å²) in [5, 5.41) is 6.34. The number of thiazole rings is 1. The van der Waals surface area contributed by atoms with E-state index in [1.807, 2.05) is 30.5 Å². The van der Waals surface area contributed by atoms with E-state index in [0.717, 1.165) is 10.4 Å². The second kappa shape index (κ2) is 7.11. The van der Waals surface area contributed by atoms with Crippen LogP contribution in [0, 0.1) is 5.82 Å². The molecular formula is C17H15FN4S. The van der Waals surface area contributed by atoms with Crippen molar-refractivity contribution < 1.29 is 4.39 Å². The molecule has 3 rings (SSSR count). The highest BCUT2D eigenvalue weighted by molar-refractivity contribution is 7.07. The van der Waals surface area contributed by atoms with Gasteiger partial charge in [0, 0.05) is 35.4 Å². The highest BCUT2D eigenvalue weighted by Gasteiger charge is 2.11. The molecule has 0 radical (unpaired) electrons. The fraction of sp³-hybridized carbons (Fsp3) is 0.118. The zero-order valence-corrected chi connectivity index (χ0v) is 13.4. The Morgan fingerprint density at radius 1 is 1.26 bits per heavy atom. The van der Waals surface area contributed by atoms with Gasteiger partial charge in [-0.1, -0.05) is 18.2 Å². The van der Waals surface area contributed by atoms with E-state index in [-0.39, 0.29) is 5.82 Å². The van der Waals surface area contributed by atoms with Crippen LogP contribution in [-0.4, -0.2) is 22.4 Å². The molecule has 4 nitrogen and oxygen atoms in total. The lowest BCUT2D eigenvalue weighted by atomic mass is 10.1. The molecule has 0 spiro atoms. The summed E-state index contributed by atoms with van der Waals surface area (Å²) < 4.78 is 15.8. The zero-order chi connectivity index (χ0) is 16.1. The lowest BCUT2D eigenvalue weighted by Crippen LogP contribution is -2.12. The van der Waals surface area contributed by atoms with E-state index in [2.05, 4.69) is 15.1 Å². The third kappa shape index (κ3) is 3.43. The molecule has 0 saturated carbocycles. The first-order valence-electron chi connectivity index (χ1n) is 7.20. The summed E-state index contributed by atoms with van der Waals surface area (Å²) in [6, 6.07) is 10.4. The summed E-state index contributed by atoms with van der Waals surface area (Å²) in [5.74, 6) is -0.279. The van der Waals surface area contributed by atoms with Crippen LogP contribution in [0.4, 0.5) is 4.39 Å². The number of rotatable bonds is 4. The molecule has 6 heteroatoms. The number of halogens is 1. The highest BCUT2D eigenvalue weighted by atomic mass is 32.1. The van der Waals surface area contributed by atoms with E-state index in [4.69, 9.17) is 0 Å². The first kappa shape index (κ1) is 15.3. The second-order valence-electron chi connectivity index (χ2n) is 4.70. The predicted octanol–water partition coefficient (Wildman–Crippen LogP) is 3.55. The molecule has 23 heavy (non-hydrogen) atoms. The summed E-state index contributed by atoms with van der Waals surface area (Å²) in [6.45, 7) is 2.59. The zero-order valence-electron chi connectivity index (χ0n) is 12.6. The summed E-state index contributed by atoms with van der Waals surface area (Å²) >= 11 is 1.44. The van der Waals surface area contributed by atoms with Crippen molar-refractivity contribution in [2.24, 2.45) is 10.1 Å². The van der Waals surface area contributed by atoms with E-state index >= 15 is 0 Å². The van der Waals surface area contributed by atoms with E-state index in [0.29, 0.717) is 17.8 Å². The van der Waals surface area contributed by atoms with Crippen LogP contribution < -0.4 is 4.80 Å². The Bertz CT molecular complexity index is 881. The van der Waals surface area contributed by atoms with Crippen LogP contribution in [0.5, 0.6) is 0 Å². The highest BCUT2D eigenvalue weighted by Crippen LogP contribution is 2.23. The van der Waals surface area contributed by atoms with Crippen molar-refractivity contribution in [3.63, 3.8) is 0 Å². The molecule has 2 heterocycles. The van der Waals surface area contributed by atoms with Crippen LogP contribution in [0.1, 0.15) is 12.5 Å². The van der Waals surface area contributed by atoms with Gasteiger partial charge in [0.2, 0.25) is 4.80 Å². The molecule has 0 N–H and O–H groups in total. The van der Waals surface area contributed by atoms with Crippen LogP contribution >= 0.6 is 11.3 Å². The minimum atomic E-state index is -0.279. The van der Waals surface area contributed by atoms with Crippen molar-refractivity contribution >= 4 is 17.6 Å². The van der Waals surface area contributed by atoms with E-state index in [1.54, 1.807) is 35.4 Å². The maximum absolute atomic E-state index is 14.1. The van der Waals surface area contributed by atoms with Crippen LogP contribution in [0.2, 0.25) is 0 Å². The van der Waals surface area contributed by atoms with Gasteiger partial charge >= 0.3 is 0 Å². The predicted molar refractivity (Wildman–Crippen MR) is 91.0 cm³/mol. The number of aromatic nitrogens is 2. The van der Waals surface area contributed by atoms with E-state index in [9.17, 15) is 4.39 Å². The summed E-state index contributed by atoms with van der Waals surface area (Å²) in [6.07, 6.45) is 5.12. The Labute approximate surface area is 137 Å². The molecule has 0 bridgehead atoms. The van der Waals surface area contributed by atoms with Crippen molar-refractivity contribution in [3.05, 3.63) is 70.4 Å². The molecular weight excluding hydrogens is 311 g/mol. The van der Waals surface area contributed by atoms with Crippen LogP contribution in [0.3, 0.4) is 0 Å². The van der Waals surface area contributed by atoms with Crippen molar-refractivity contribution in [1.29, 1.82) is 0 Å². The first-order chi connectivity index (χ1) is 11.3. The van der Waals surface area contributed by atoms with Crippen molar-refractivity contribution in [1.82, 2.24) is 9.66 Å². The van der Waals surface area contributed by atoms with Gasteiger partial charge in [0.25, 0.3) is 0 Å². The molecule has 0 aliphatic carbocycles. The van der Waals surface area contributed by atoms with Gasteiger partial charge in [-0.2, -0.15) is 5.10 Å². The molecule has 0 amide bonds. The van der Waals surface area contributed by atoms with E-state index in [1.165, 1.54) is 17.4 Å². The topological polar surface area (TPSA) is 42.5 Å². The molecule has 0 saturated heterocycles. The molecule has 0 aliphatic heterocycles. The first-order valence-corrected chi connectivity index (χ1v) is 8.08. The normalized spacial score (nSPS) is 12.2. The SMILES string of the molecule is CCN=c1scc(-c2ccccc2F)n1N=Cc1cccnc1. The average molecular weight is 326 g/mol. The van der Waals surface area contributed by atoms with Gasteiger partial charge in [0.05, 0.1) is 11.9 Å². The number of hydrogen-bond acceptors (Lipinski definition) is 4. The van der Waals surface area contributed by atoms with Gasteiger partial charge in [-0.3, -0.25) is 9.98 Å². The standard InChI is InChI=1S/C17H15FN4S/c1-2-20-17-22(21-11-13-6-5-9-19-10-13)16(12-23-17)14-7-3-4-8-15(14)18/h3-12H,2H2,1H3. The molecule has 0 fully saturated rings. The third-order valence-electron chi connectivity index (χ3n) is 3.14. The maximum atomic E-state index is 14.1. The van der Waals surface area contributed by atoms with Gasteiger partial charge in [-0.05, 0) is 25.1 Å². The molecule has 0 unspecified atom stereocenters. The van der Waals surface area contributed by atoms with Gasteiger partial charge in [-0.25, -0.2) is 9.07 Å². The minimum Gasteiger partial charge on any atom is -0.264 e. The van der Waals surface area contributed by atoms with E-state index < -0.39 is 0 Å². The fourth-order valence-electron chi connectivity index (χ4n) is 2.09. The number of pyridine rings is 1. The summed E-state index contributed by atoms with van der Waals surface area (Å²) in [7, 11) is 0. The van der Waals surface area contributed by atoms with Crippen LogP contribution in [0.25, 0.3) is 11.3 Å².